The Kier molecular flexibility index (Phi) is 2.97. The van der Waals surface area contributed by atoms with Crippen LogP contribution in [0.1, 0.15) is 5.56 Å². The minimum atomic E-state index is 0.140. The zero-order chi connectivity index (χ0) is 16.8. The summed E-state index contributed by atoms with van der Waals surface area (Å²) in [5, 5.41) is 8.41. The number of rotatable bonds is 3. The average Bonchev–Trinajstić information content (AvgIpc) is 3.35. The summed E-state index contributed by atoms with van der Waals surface area (Å²) >= 11 is 1.19. The molecule has 0 saturated carbocycles. The van der Waals surface area contributed by atoms with Gasteiger partial charge in [-0.05, 0) is 29.8 Å². The maximum absolute atomic E-state index is 5.86. The summed E-state index contributed by atoms with van der Waals surface area (Å²) in [6.45, 7) is 0.484. The molecule has 0 radical (unpaired) electrons. The van der Waals surface area contributed by atoms with Crippen LogP contribution in [0.15, 0.2) is 41.0 Å². The van der Waals surface area contributed by atoms with Gasteiger partial charge in [0.05, 0.1) is 24.5 Å². The van der Waals surface area contributed by atoms with Crippen molar-refractivity contribution >= 4 is 39.9 Å². The van der Waals surface area contributed by atoms with Crippen LogP contribution in [0.5, 0.6) is 0 Å². The van der Waals surface area contributed by atoms with E-state index in [1.807, 2.05) is 18.2 Å². The molecule has 122 valence electrons. The second-order valence-corrected chi connectivity index (χ2v) is 5.94. The summed E-state index contributed by atoms with van der Waals surface area (Å²) in [5.74, 6) is 0.711. The second kappa shape index (κ2) is 5.31. The number of anilines is 1. The zero-order valence-corrected chi connectivity index (χ0v) is 13.5. The van der Waals surface area contributed by atoms with E-state index in [0.717, 1.165) is 16.6 Å². The number of nitrogens with zero attached hydrogens (tertiary/aromatic N) is 7. The maximum Gasteiger partial charge on any atom is 0.222 e. The van der Waals surface area contributed by atoms with E-state index in [0.29, 0.717) is 29.2 Å². The molecule has 0 atom stereocenters. The third-order valence-corrected chi connectivity index (χ3v) is 4.34. The van der Waals surface area contributed by atoms with Gasteiger partial charge in [0, 0.05) is 0 Å². The Labute approximate surface area is 144 Å². The molecule has 25 heavy (non-hydrogen) atoms. The molecule has 2 N–H and O–H groups in total. The molecule has 0 unspecified atom stereocenters. The van der Waals surface area contributed by atoms with Crippen molar-refractivity contribution in [1.82, 2.24) is 33.7 Å². The first-order valence-electron chi connectivity index (χ1n) is 7.40. The first-order chi connectivity index (χ1) is 12.3. The summed E-state index contributed by atoms with van der Waals surface area (Å²) in [5.41, 5.74) is 10.2. The van der Waals surface area contributed by atoms with E-state index < -0.39 is 0 Å². The molecular formula is C15H10N8OS. The fourth-order valence-electron chi connectivity index (χ4n) is 2.66. The molecule has 0 aliphatic rings. The van der Waals surface area contributed by atoms with Crippen molar-refractivity contribution in [3.63, 3.8) is 0 Å². The molecule has 0 saturated heterocycles. The van der Waals surface area contributed by atoms with E-state index in [-0.39, 0.29) is 5.95 Å². The molecule has 4 heterocycles. The number of nitrogens with two attached hydrogens (primary N) is 1. The molecule has 0 aliphatic carbocycles. The van der Waals surface area contributed by atoms with Gasteiger partial charge >= 0.3 is 0 Å². The lowest BCUT2D eigenvalue weighted by molar-refractivity contribution is 0.580. The predicted octanol–water partition coefficient (Wildman–Crippen LogP) is 2.12. The predicted molar refractivity (Wildman–Crippen MR) is 91.7 cm³/mol. The summed E-state index contributed by atoms with van der Waals surface area (Å²) in [6, 6.07) is 9.47. The van der Waals surface area contributed by atoms with Crippen LogP contribution in [0.4, 0.5) is 5.95 Å². The number of hydrogen-bond donors (Lipinski definition) is 1. The number of hydrogen-bond acceptors (Lipinski definition) is 9. The monoisotopic (exact) mass is 350 g/mol. The first kappa shape index (κ1) is 14.0. The van der Waals surface area contributed by atoms with Gasteiger partial charge in [-0.25, -0.2) is 9.67 Å². The molecule has 1 aromatic carbocycles. The van der Waals surface area contributed by atoms with Crippen LogP contribution in [0.25, 0.3) is 33.7 Å². The summed E-state index contributed by atoms with van der Waals surface area (Å²) in [6.07, 6.45) is 1.57. The van der Waals surface area contributed by atoms with Crippen LogP contribution < -0.4 is 5.73 Å². The molecule has 0 fully saturated rings. The normalized spacial score (nSPS) is 11.5. The Morgan fingerprint density at radius 2 is 2.04 bits per heavy atom. The minimum Gasteiger partial charge on any atom is -0.463 e. The fourth-order valence-corrected chi connectivity index (χ4v) is 3.18. The number of furan rings is 1. The lowest BCUT2D eigenvalue weighted by Crippen LogP contribution is -2.05. The van der Waals surface area contributed by atoms with Crippen molar-refractivity contribution < 1.29 is 4.42 Å². The van der Waals surface area contributed by atoms with E-state index in [9.17, 15) is 0 Å². The van der Waals surface area contributed by atoms with Crippen LogP contribution in [-0.2, 0) is 6.54 Å². The van der Waals surface area contributed by atoms with Gasteiger partial charge in [0.25, 0.3) is 0 Å². The molecule has 9 nitrogen and oxygen atoms in total. The van der Waals surface area contributed by atoms with Crippen LogP contribution in [0, 0.1) is 0 Å². The fraction of sp³-hybridized carbons (Fsp3) is 0.0667. The smallest absolute Gasteiger partial charge is 0.222 e. The molecular weight excluding hydrogens is 340 g/mol. The lowest BCUT2D eigenvalue weighted by atomic mass is 10.2. The molecule has 0 bridgehead atoms. The number of benzene rings is 1. The minimum absolute atomic E-state index is 0.140. The quantitative estimate of drug-likeness (QED) is 0.525. The van der Waals surface area contributed by atoms with E-state index in [2.05, 4.69) is 29.0 Å². The van der Waals surface area contributed by atoms with Gasteiger partial charge < -0.3 is 10.2 Å². The first-order valence-corrected chi connectivity index (χ1v) is 8.13. The van der Waals surface area contributed by atoms with Gasteiger partial charge in [-0.1, -0.05) is 11.3 Å². The van der Waals surface area contributed by atoms with Gasteiger partial charge in [0.15, 0.2) is 16.9 Å². The van der Waals surface area contributed by atoms with Gasteiger partial charge in [-0.15, -0.1) is 5.10 Å². The summed E-state index contributed by atoms with van der Waals surface area (Å²) in [4.78, 5) is 8.53. The number of nitrogen functional groups attached to an aromatic ring is 1. The van der Waals surface area contributed by atoms with E-state index in [1.54, 1.807) is 23.1 Å². The summed E-state index contributed by atoms with van der Waals surface area (Å²) in [7, 11) is 0. The Bertz CT molecular complexity index is 1190. The Morgan fingerprint density at radius 3 is 2.92 bits per heavy atom. The van der Waals surface area contributed by atoms with Crippen LogP contribution in [-0.4, -0.2) is 33.7 Å². The number of aromatic nitrogens is 7. The van der Waals surface area contributed by atoms with E-state index in [1.165, 1.54) is 11.7 Å². The second-order valence-electron chi connectivity index (χ2n) is 5.41. The highest BCUT2D eigenvalue weighted by Crippen LogP contribution is 2.25. The van der Waals surface area contributed by atoms with Crippen molar-refractivity contribution in [3.05, 3.63) is 42.2 Å². The SMILES string of the molecule is Nc1nc(-c2ccco2)c2nnn(Cc3ccc4nsnc4c3)c2n1. The Balaban J connectivity index is 1.62. The van der Waals surface area contributed by atoms with E-state index in [4.69, 9.17) is 10.2 Å². The lowest BCUT2D eigenvalue weighted by Gasteiger charge is -2.03. The van der Waals surface area contributed by atoms with Crippen molar-refractivity contribution in [2.24, 2.45) is 0 Å². The van der Waals surface area contributed by atoms with Crippen molar-refractivity contribution in [2.75, 3.05) is 5.73 Å². The third kappa shape index (κ3) is 2.31. The topological polar surface area (TPSA) is 121 Å². The van der Waals surface area contributed by atoms with Crippen LogP contribution in [0.2, 0.25) is 0 Å². The Hall–Kier alpha value is -3.40. The highest BCUT2D eigenvalue weighted by Gasteiger charge is 2.17. The van der Waals surface area contributed by atoms with Gasteiger partial charge in [0.2, 0.25) is 5.95 Å². The van der Waals surface area contributed by atoms with Crippen molar-refractivity contribution in [1.29, 1.82) is 0 Å². The van der Waals surface area contributed by atoms with Crippen molar-refractivity contribution in [3.8, 4) is 11.5 Å². The zero-order valence-electron chi connectivity index (χ0n) is 12.7. The van der Waals surface area contributed by atoms with Crippen LogP contribution >= 0.6 is 11.7 Å². The van der Waals surface area contributed by atoms with Crippen LogP contribution in [0.3, 0.4) is 0 Å². The molecule has 4 aromatic heterocycles. The van der Waals surface area contributed by atoms with Crippen molar-refractivity contribution in [2.45, 2.75) is 6.54 Å². The van der Waals surface area contributed by atoms with Gasteiger partial charge in [0.1, 0.15) is 16.7 Å². The van der Waals surface area contributed by atoms with Gasteiger partial charge in [-0.2, -0.15) is 13.7 Å². The molecule has 10 heteroatoms. The van der Waals surface area contributed by atoms with E-state index >= 15 is 0 Å². The maximum atomic E-state index is 5.86. The average molecular weight is 350 g/mol. The molecule has 5 rings (SSSR count). The molecule has 0 aliphatic heterocycles. The van der Waals surface area contributed by atoms with Gasteiger partial charge in [-0.3, -0.25) is 0 Å². The number of fused-ring (bicyclic) bond motifs is 2. The molecule has 5 aromatic rings. The largest absolute Gasteiger partial charge is 0.463 e. The molecule has 0 amide bonds. The third-order valence-electron chi connectivity index (χ3n) is 3.79. The highest BCUT2D eigenvalue weighted by molar-refractivity contribution is 7.00. The molecule has 0 spiro atoms. The standard InChI is InChI=1S/C15H10N8OS/c16-15-17-12(11-2-1-5-24-11)13-14(18-15)23(22-19-13)7-8-3-4-9-10(6-8)21-25-20-9/h1-6H,7H2,(H2,16,17,18). The Morgan fingerprint density at radius 1 is 1.12 bits per heavy atom. The summed E-state index contributed by atoms with van der Waals surface area (Å²) < 4.78 is 15.6. The highest BCUT2D eigenvalue weighted by atomic mass is 32.1.